The van der Waals surface area contributed by atoms with Gasteiger partial charge in [-0.1, -0.05) is 0 Å². The van der Waals surface area contributed by atoms with Gasteiger partial charge < -0.3 is 15.0 Å². The lowest BCUT2D eigenvalue weighted by Crippen LogP contribution is -2.26. The number of nitrogens with two attached hydrogens (primary N) is 1. The second kappa shape index (κ2) is 4.45. The van der Waals surface area contributed by atoms with E-state index in [0.29, 0.717) is 18.5 Å². The van der Waals surface area contributed by atoms with Crippen molar-refractivity contribution in [2.75, 3.05) is 12.3 Å². The molecule has 0 radical (unpaired) electrons. The Hall–Kier alpha value is -1.69. The van der Waals surface area contributed by atoms with E-state index in [1.54, 1.807) is 4.57 Å². The van der Waals surface area contributed by atoms with Crippen molar-refractivity contribution in [2.24, 2.45) is 0 Å². The molecule has 1 aromatic carbocycles. The van der Waals surface area contributed by atoms with Crippen molar-refractivity contribution in [3.63, 3.8) is 0 Å². The van der Waals surface area contributed by atoms with Gasteiger partial charge >= 0.3 is 0 Å². The second-order valence-electron chi connectivity index (χ2n) is 4.93. The van der Waals surface area contributed by atoms with Gasteiger partial charge in [-0.05, 0) is 31.9 Å². The van der Waals surface area contributed by atoms with Crippen LogP contribution in [0.25, 0.3) is 11.0 Å². The van der Waals surface area contributed by atoms with Crippen LogP contribution in [0.5, 0.6) is 0 Å². The van der Waals surface area contributed by atoms with Crippen LogP contribution >= 0.6 is 0 Å². The topological polar surface area (TPSA) is 53.1 Å². The van der Waals surface area contributed by atoms with Gasteiger partial charge in [0, 0.05) is 12.6 Å². The molecule has 1 aromatic heterocycles. The number of nitrogen functional groups attached to an aromatic ring is 1. The molecule has 1 aliphatic heterocycles. The lowest BCUT2D eigenvalue weighted by atomic mass is 10.0. The average molecular weight is 267 g/mol. The number of hydrogen-bond donors (Lipinski definition) is 1. The minimum absolute atomic E-state index is 0.00921. The van der Waals surface area contributed by atoms with E-state index in [1.807, 2.05) is 6.92 Å². The van der Waals surface area contributed by atoms with Gasteiger partial charge in [-0.25, -0.2) is 13.8 Å². The minimum atomic E-state index is -0.888. The summed E-state index contributed by atoms with van der Waals surface area (Å²) < 4.78 is 34.5. The van der Waals surface area contributed by atoms with E-state index in [2.05, 4.69) is 4.98 Å². The molecule has 0 saturated carbocycles. The van der Waals surface area contributed by atoms with Crippen LogP contribution in [0.2, 0.25) is 0 Å². The molecule has 6 heteroatoms. The number of anilines is 1. The highest BCUT2D eigenvalue weighted by atomic mass is 19.2. The molecule has 0 spiro atoms. The molecule has 4 nitrogen and oxygen atoms in total. The molecule has 0 aliphatic carbocycles. The molecular weight excluding hydrogens is 252 g/mol. The normalized spacial score (nSPS) is 23.9. The molecule has 1 aliphatic rings. The van der Waals surface area contributed by atoms with E-state index in [0.717, 1.165) is 12.5 Å². The third kappa shape index (κ3) is 1.96. The molecule has 0 amide bonds. The van der Waals surface area contributed by atoms with Crippen molar-refractivity contribution in [3.05, 3.63) is 23.8 Å². The number of fused-ring (bicyclic) bond motifs is 1. The Balaban J connectivity index is 2.16. The van der Waals surface area contributed by atoms with Gasteiger partial charge in [-0.3, -0.25) is 0 Å². The first-order valence-corrected chi connectivity index (χ1v) is 6.31. The molecule has 1 saturated heterocycles. The number of halogens is 2. The molecule has 3 rings (SSSR count). The van der Waals surface area contributed by atoms with Crippen LogP contribution < -0.4 is 5.73 Å². The number of rotatable bonds is 1. The molecule has 1 fully saturated rings. The summed E-state index contributed by atoms with van der Waals surface area (Å²) >= 11 is 0. The summed E-state index contributed by atoms with van der Waals surface area (Å²) in [6.07, 6.45) is 1.51. The number of ether oxygens (including phenoxy) is 1. The van der Waals surface area contributed by atoms with E-state index in [-0.39, 0.29) is 23.6 Å². The van der Waals surface area contributed by atoms with E-state index < -0.39 is 11.6 Å². The average Bonchev–Trinajstić information content (AvgIpc) is 2.71. The summed E-state index contributed by atoms with van der Waals surface area (Å²) in [7, 11) is 0. The van der Waals surface area contributed by atoms with Crippen LogP contribution in [0, 0.1) is 11.6 Å². The van der Waals surface area contributed by atoms with Gasteiger partial charge in [-0.15, -0.1) is 0 Å². The Bertz CT molecular complexity index is 626. The molecule has 2 aromatic rings. The Morgan fingerprint density at radius 1 is 1.42 bits per heavy atom. The smallest absolute Gasteiger partial charge is 0.201 e. The predicted molar refractivity (Wildman–Crippen MR) is 67.7 cm³/mol. The number of aromatic nitrogens is 2. The zero-order chi connectivity index (χ0) is 13.6. The summed E-state index contributed by atoms with van der Waals surface area (Å²) in [4.78, 5) is 4.11. The largest absolute Gasteiger partial charge is 0.378 e. The number of imidazole rings is 1. The molecule has 0 bridgehead atoms. The Kier molecular flexibility index (Phi) is 2.89. The van der Waals surface area contributed by atoms with Gasteiger partial charge in [0.05, 0.1) is 11.6 Å². The van der Waals surface area contributed by atoms with Crippen molar-refractivity contribution in [3.8, 4) is 0 Å². The summed E-state index contributed by atoms with van der Waals surface area (Å²) in [6.45, 7) is 2.54. The van der Waals surface area contributed by atoms with Gasteiger partial charge in [-0.2, -0.15) is 0 Å². The maximum absolute atomic E-state index is 14.0. The fourth-order valence-electron chi connectivity index (χ4n) is 2.72. The van der Waals surface area contributed by atoms with Crippen LogP contribution in [0.15, 0.2) is 12.1 Å². The van der Waals surface area contributed by atoms with E-state index in [4.69, 9.17) is 10.5 Å². The summed E-state index contributed by atoms with van der Waals surface area (Å²) in [5.41, 5.74) is 6.40. The molecule has 19 heavy (non-hydrogen) atoms. The van der Waals surface area contributed by atoms with Crippen molar-refractivity contribution in [2.45, 2.75) is 31.9 Å². The standard InChI is InChI=1S/C13H15F2N3O/c1-7-6-8(4-5-19-7)18-12-10(17-13(18)16)3-2-9(14)11(12)15/h2-3,7-8H,4-6H2,1H3,(H2,16,17). The first-order valence-electron chi connectivity index (χ1n) is 6.31. The Labute approximate surface area is 109 Å². The number of benzene rings is 1. The van der Waals surface area contributed by atoms with Crippen molar-refractivity contribution >= 4 is 17.0 Å². The quantitative estimate of drug-likeness (QED) is 0.864. The van der Waals surface area contributed by atoms with Gasteiger partial charge in [0.15, 0.2) is 11.6 Å². The molecule has 2 heterocycles. The highest BCUT2D eigenvalue weighted by molar-refractivity contribution is 5.79. The lowest BCUT2D eigenvalue weighted by molar-refractivity contribution is 0.00704. The van der Waals surface area contributed by atoms with Crippen molar-refractivity contribution < 1.29 is 13.5 Å². The summed E-state index contributed by atoms with van der Waals surface area (Å²) in [5, 5.41) is 0. The molecule has 2 atom stereocenters. The monoisotopic (exact) mass is 267 g/mol. The third-order valence-electron chi connectivity index (χ3n) is 3.59. The minimum Gasteiger partial charge on any atom is -0.378 e. The fraction of sp³-hybridized carbons (Fsp3) is 0.462. The fourth-order valence-corrected chi connectivity index (χ4v) is 2.72. The van der Waals surface area contributed by atoms with Crippen LogP contribution in [-0.4, -0.2) is 22.3 Å². The van der Waals surface area contributed by atoms with Crippen LogP contribution in [0.4, 0.5) is 14.7 Å². The molecule has 2 N–H and O–H groups in total. The van der Waals surface area contributed by atoms with Gasteiger partial charge in [0.2, 0.25) is 5.95 Å². The van der Waals surface area contributed by atoms with E-state index in [1.165, 1.54) is 6.07 Å². The SMILES string of the molecule is CC1CC(n2c(N)nc3ccc(F)c(F)c32)CCO1. The summed E-state index contributed by atoms with van der Waals surface area (Å²) in [6, 6.07) is 2.51. The zero-order valence-corrected chi connectivity index (χ0v) is 10.6. The Morgan fingerprint density at radius 3 is 2.95 bits per heavy atom. The maximum Gasteiger partial charge on any atom is 0.201 e. The van der Waals surface area contributed by atoms with E-state index in [9.17, 15) is 8.78 Å². The van der Waals surface area contributed by atoms with Crippen LogP contribution in [0.3, 0.4) is 0 Å². The van der Waals surface area contributed by atoms with Crippen LogP contribution in [-0.2, 0) is 4.74 Å². The maximum atomic E-state index is 14.0. The molecule has 2 unspecified atom stereocenters. The second-order valence-corrected chi connectivity index (χ2v) is 4.93. The van der Waals surface area contributed by atoms with Gasteiger partial charge in [0.1, 0.15) is 5.52 Å². The van der Waals surface area contributed by atoms with E-state index >= 15 is 0 Å². The number of nitrogens with zero attached hydrogens (tertiary/aromatic N) is 2. The predicted octanol–water partition coefficient (Wildman–Crippen LogP) is 2.64. The van der Waals surface area contributed by atoms with Gasteiger partial charge in [0.25, 0.3) is 0 Å². The highest BCUT2D eigenvalue weighted by Crippen LogP contribution is 2.32. The lowest BCUT2D eigenvalue weighted by Gasteiger charge is -2.29. The highest BCUT2D eigenvalue weighted by Gasteiger charge is 2.26. The van der Waals surface area contributed by atoms with Crippen molar-refractivity contribution in [1.82, 2.24) is 9.55 Å². The number of hydrogen-bond acceptors (Lipinski definition) is 3. The first kappa shape index (κ1) is 12.3. The van der Waals surface area contributed by atoms with Crippen molar-refractivity contribution in [1.29, 1.82) is 0 Å². The molecular formula is C13H15F2N3O. The van der Waals surface area contributed by atoms with Crippen LogP contribution in [0.1, 0.15) is 25.8 Å². The Morgan fingerprint density at radius 2 is 2.21 bits per heavy atom. The molecule has 102 valence electrons. The zero-order valence-electron chi connectivity index (χ0n) is 10.6. The third-order valence-corrected chi connectivity index (χ3v) is 3.59. The first-order chi connectivity index (χ1) is 9.08. The summed E-state index contributed by atoms with van der Waals surface area (Å²) in [5.74, 6) is -1.55.